The maximum absolute atomic E-state index is 14.1. The number of aliphatic hydroxyl groups is 3. The molecule has 0 unspecified atom stereocenters. The Morgan fingerprint density at radius 3 is 2.46 bits per heavy atom. The van der Waals surface area contributed by atoms with Gasteiger partial charge in [-0.1, -0.05) is 0 Å². The van der Waals surface area contributed by atoms with Gasteiger partial charge in [0.15, 0.2) is 11.4 Å². The summed E-state index contributed by atoms with van der Waals surface area (Å²) in [6.07, 6.45) is 3.24. The largest absolute Gasteiger partial charge is 0.510 e. The third kappa shape index (κ3) is 3.27. The summed E-state index contributed by atoms with van der Waals surface area (Å²) in [5, 5.41) is 34.1. The Labute approximate surface area is 212 Å². The first-order valence-electron chi connectivity index (χ1n) is 11.8. The van der Waals surface area contributed by atoms with Gasteiger partial charge in [-0.2, -0.15) is 0 Å². The van der Waals surface area contributed by atoms with Crippen molar-refractivity contribution in [3.63, 3.8) is 0 Å². The van der Waals surface area contributed by atoms with Crippen LogP contribution in [0.2, 0.25) is 0 Å². The molecule has 37 heavy (non-hydrogen) atoms. The molecule has 11 heteroatoms. The van der Waals surface area contributed by atoms with Gasteiger partial charge in [0.1, 0.15) is 23.4 Å². The van der Waals surface area contributed by atoms with Gasteiger partial charge in [-0.15, -0.1) is 0 Å². The van der Waals surface area contributed by atoms with Crippen molar-refractivity contribution in [1.29, 1.82) is 0 Å². The van der Waals surface area contributed by atoms with E-state index in [4.69, 9.17) is 10.2 Å². The molecule has 2 aromatic rings. The molecule has 11 nitrogen and oxygen atoms in total. The van der Waals surface area contributed by atoms with E-state index in [1.54, 1.807) is 25.1 Å². The summed E-state index contributed by atoms with van der Waals surface area (Å²) in [6.45, 7) is 0. The molecule has 1 aromatic carbocycles. The molecule has 0 saturated carbocycles. The zero-order valence-electron chi connectivity index (χ0n) is 20.8. The van der Waals surface area contributed by atoms with E-state index in [0.29, 0.717) is 12.0 Å². The lowest BCUT2D eigenvalue weighted by Crippen LogP contribution is -2.63. The van der Waals surface area contributed by atoms with E-state index in [-0.39, 0.29) is 23.4 Å². The number of hydrogen-bond donors (Lipinski definition) is 4. The fourth-order valence-corrected chi connectivity index (χ4v) is 6.21. The number of rotatable bonds is 4. The number of likely N-dealkylation sites (N-methyl/N-ethyl adjacent to an activating group) is 1. The van der Waals surface area contributed by atoms with Gasteiger partial charge in [0, 0.05) is 42.4 Å². The van der Waals surface area contributed by atoms with Crippen molar-refractivity contribution in [2.75, 3.05) is 33.1 Å². The van der Waals surface area contributed by atoms with Crippen molar-refractivity contribution < 1.29 is 34.1 Å². The Morgan fingerprint density at radius 1 is 1.19 bits per heavy atom. The second-order valence-corrected chi connectivity index (χ2v) is 10.2. The maximum Gasteiger partial charge on any atom is 0.255 e. The van der Waals surface area contributed by atoms with Gasteiger partial charge in [0.05, 0.1) is 12.2 Å². The van der Waals surface area contributed by atoms with Crippen LogP contribution in [0.1, 0.15) is 22.3 Å². The third-order valence-corrected chi connectivity index (χ3v) is 7.75. The van der Waals surface area contributed by atoms with E-state index in [1.807, 2.05) is 25.1 Å². The first kappa shape index (κ1) is 24.7. The summed E-state index contributed by atoms with van der Waals surface area (Å²) in [6, 6.07) is 2.56. The number of Topliss-reactive ketones (excluding diaryl/α,β-unsaturated/α-hetero) is 2. The Hall–Kier alpha value is -3.96. The minimum atomic E-state index is -2.62. The molecule has 4 atom stereocenters. The summed E-state index contributed by atoms with van der Waals surface area (Å²) in [7, 11) is 6.92. The predicted molar refractivity (Wildman–Crippen MR) is 132 cm³/mol. The zero-order chi connectivity index (χ0) is 27.0. The number of primary amides is 1. The molecule has 0 spiro atoms. The van der Waals surface area contributed by atoms with Crippen LogP contribution in [0, 0.1) is 11.8 Å². The second-order valence-electron chi connectivity index (χ2n) is 10.2. The Morgan fingerprint density at radius 2 is 1.89 bits per heavy atom. The fraction of sp³-hybridized carbons (Fsp3) is 0.385. The van der Waals surface area contributed by atoms with Crippen LogP contribution in [0.15, 0.2) is 51.7 Å². The number of allylic oxidation sites excluding steroid dienone is 1. The molecule has 1 amide bonds. The molecule has 3 aliphatic rings. The van der Waals surface area contributed by atoms with E-state index >= 15 is 0 Å². The number of nitrogens with two attached hydrogens (primary N) is 1. The second kappa shape index (κ2) is 8.29. The van der Waals surface area contributed by atoms with Crippen molar-refractivity contribution in [2.45, 2.75) is 24.5 Å². The van der Waals surface area contributed by atoms with Gasteiger partial charge in [0.2, 0.25) is 11.7 Å². The highest BCUT2D eigenvalue weighted by atomic mass is 16.4. The summed E-state index contributed by atoms with van der Waals surface area (Å²) in [5.41, 5.74) is 4.06. The molecule has 1 heterocycles. The van der Waals surface area contributed by atoms with Crippen molar-refractivity contribution >= 4 is 23.2 Å². The first-order chi connectivity index (χ1) is 17.4. The molecule has 0 radical (unpaired) electrons. The van der Waals surface area contributed by atoms with E-state index in [2.05, 4.69) is 4.98 Å². The molecule has 0 fully saturated rings. The van der Waals surface area contributed by atoms with Crippen LogP contribution in [-0.4, -0.2) is 82.5 Å². The number of anilines is 1. The van der Waals surface area contributed by atoms with Crippen LogP contribution in [-0.2, 0) is 16.0 Å². The summed E-state index contributed by atoms with van der Waals surface area (Å²) >= 11 is 0. The highest BCUT2D eigenvalue weighted by molar-refractivity contribution is 6.25. The van der Waals surface area contributed by atoms with Gasteiger partial charge in [0.25, 0.3) is 5.91 Å². The van der Waals surface area contributed by atoms with Gasteiger partial charge >= 0.3 is 0 Å². The van der Waals surface area contributed by atoms with Gasteiger partial charge in [-0.3, -0.25) is 19.3 Å². The van der Waals surface area contributed by atoms with Crippen LogP contribution < -0.4 is 10.6 Å². The van der Waals surface area contributed by atoms with Crippen molar-refractivity contribution in [3.05, 3.63) is 58.4 Å². The number of carbonyl (C=O) groups excluding carboxylic acids is 3. The highest BCUT2D eigenvalue weighted by Gasteiger charge is 2.63. The monoisotopic (exact) mass is 508 g/mol. The maximum atomic E-state index is 14.1. The molecule has 0 saturated heterocycles. The van der Waals surface area contributed by atoms with E-state index in [0.717, 1.165) is 11.3 Å². The average Bonchev–Trinajstić information content (AvgIpc) is 3.35. The number of aromatic nitrogens is 1. The lowest BCUT2D eigenvalue weighted by molar-refractivity contribution is -0.148. The lowest BCUT2D eigenvalue weighted by Gasteiger charge is -2.50. The molecular weight excluding hydrogens is 480 g/mol. The van der Waals surface area contributed by atoms with Gasteiger partial charge in [-0.05, 0) is 50.6 Å². The van der Waals surface area contributed by atoms with Crippen LogP contribution in [0.5, 0.6) is 0 Å². The number of fused-ring (bicyclic) bond motifs is 3. The number of benzene rings is 1. The van der Waals surface area contributed by atoms with Crippen LogP contribution >= 0.6 is 0 Å². The number of ketones is 2. The standard InChI is InChI=1S/C26H28N4O7/c1-29(2)15-6-5-12(25-28-7-8-37-25)17-13(15)9-11-10-14-19(30(3)4)21(32)18(24(27)35)23(34)26(14,36)22(33)16(11)20(17)31/h5-8,11,14,19,32-33,36H,9-10H2,1-4H3,(H2,27,35)/t11-,14-,19-,26-/m0/s1. The number of oxazole rings is 1. The lowest BCUT2D eigenvalue weighted by atomic mass is 9.58. The molecule has 5 rings (SSSR count). The predicted octanol–water partition coefficient (Wildman–Crippen LogP) is 1.14. The van der Waals surface area contributed by atoms with Crippen LogP contribution in [0.3, 0.4) is 0 Å². The number of hydrogen-bond acceptors (Lipinski definition) is 10. The zero-order valence-corrected chi connectivity index (χ0v) is 20.8. The molecule has 0 aliphatic heterocycles. The van der Waals surface area contributed by atoms with E-state index < -0.39 is 58.0 Å². The van der Waals surface area contributed by atoms with Crippen molar-refractivity contribution in [2.24, 2.45) is 17.6 Å². The quantitative estimate of drug-likeness (QED) is 0.439. The topological polar surface area (TPSA) is 170 Å². The van der Waals surface area contributed by atoms with Gasteiger partial charge < -0.3 is 30.4 Å². The number of amides is 1. The number of carbonyl (C=O) groups is 3. The average molecular weight is 509 g/mol. The normalized spacial score (nSPS) is 27.2. The fourth-order valence-electron chi connectivity index (χ4n) is 6.21. The van der Waals surface area contributed by atoms with Crippen molar-refractivity contribution in [3.8, 4) is 11.5 Å². The smallest absolute Gasteiger partial charge is 0.255 e. The Bertz CT molecular complexity index is 1410. The first-order valence-corrected chi connectivity index (χ1v) is 11.8. The molecular formula is C26H28N4O7. The SMILES string of the molecule is CN(C)c1ccc(-c2ncco2)c2c1C[C@H]1C[C@H]3[C@H](N(C)C)C(O)=C(C(N)=O)C(=O)[C@@]3(O)C(O)=C1C2=O. The molecule has 5 N–H and O–H groups in total. The molecule has 194 valence electrons. The van der Waals surface area contributed by atoms with Crippen LogP contribution in [0.4, 0.5) is 5.69 Å². The minimum absolute atomic E-state index is 0.0852. The van der Waals surface area contributed by atoms with Crippen LogP contribution in [0.25, 0.3) is 11.5 Å². The number of nitrogens with zero attached hydrogens (tertiary/aromatic N) is 3. The third-order valence-electron chi connectivity index (χ3n) is 7.75. The van der Waals surface area contributed by atoms with Gasteiger partial charge in [-0.25, -0.2) is 4.98 Å². The Balaban J connectivity index is 1.77. The minimum Gasteiger partial charge on any atom is -0.510 e. The van der Waals surface area contributed by atoms with E-state index in [9.17, 15) is 29.7 Å². The van der Waals surface area contributed by atoms with Crippen molar-refractivity contribution in [1.82, 2.24) is 9.88 Å². The summed E-state index contributed by atoms with van der Waals surface area (Å²) in [4.78, 5) is 47.2. The Kier molecular flexibility index (Phi) is 5.54. The molecule has 0 bridgehead atoms. The van der Waals surface area contributed by atoms with E-state index in [1.165, 1.54) is 12.5 Å². The molecule has 1 aromatic heterocycles. The summed E-state index contributed by atoms with van der Waals surface area (Å²) in [5.74, 6) is -5.80. The number of aliphatic hydroxyl groups excluding tert-OH is 2. The highest BCUT2D eigenvalue weighted by Crippen LogP contribution is 2.53. The molecule has 3 aliphatic carbocycles. The summed E-state index contributed by atoms with van der Waals surface area (Å²) < 4.78 is 5.46.